The minimum absolute atomic E-state index is 0.363. The van der Waals surface area contributed by atoms with Crippen LogP contribution in [0.15, 0.2) is 12.1 Å². The van der Waals surface area contributed by atoms with Crippen molar-refractivity contribution in [1.29, 1.82) is 0 Å². The minimum Gasteiger partial charge on any atom is -0.493 e. The Morgan fingerprint density at radius 1 is 1.42 bits per heavy atom. The quantitative estimate of drug-likeness (QED) is 0.928. The first-order valence-electron chi connectivity index (χ1n) is 5.64. The van der Waals surface area contributed by atoms with E-state index in [0.29, 0.717) is 29.4 Å². The number of hydrogen-bond donors (Lipinski definition) is 1. The lowest BCUT2D eigenvalue weighted by atomic mass is 10.0. The van der Waals surface area contributed by atoms with E-state index in [0.717, 1.165) is 5.56 Å². The fraction of sp³-hybridized carbons (Fsp3) is 0.500. The molecule has 0 fully saturated rings. The predicted octanol–water partition coefficient (Wildman–Crippen LogP) is 2.89. The van der Waals surface area contributed by atoms with Gasteiger partial charge in [0.25, 0.3) is 0 Å². The molecule has 19 heavy (non-hydrogen) atoms. The molecule has 0 radical (unpaired) electrons. The number of rotatable bonds is 4. The molecule has 0 amide bonds. The number of alkyl halides is 3. The summed E-state index contributed by atoms with van der Waals surface area (Å²) in [4.78, 5) is 0. The molecule has 2 rings (SSSR count). The van der Waals surface area contributed by atoms with Gasteiger partial charge in [-0.2, -0.15) is 13.2 Å². The molecule has 7 heteroatoms. The van der Waals surface area contributed by atoms with Crippen molar-refractivity contribution in [3.05, 3.63) is 28.3 Å². The van der Waals surface area contributed by atoms with E-state index in [9.17, 15) is 18.3 Å². The molecule has 1 unspecified atom stereocenters. The summed E-state index contributed by atoms with van der Waals surface area (Å²) in [6.45, 7) is -1.39. The van der Waals surface area contributed by atoms with Crippen LogP contribution in [0.2, 0.25) is 5.02 Å². The van der Waals surface area contributed by atoms with Crippen molar-refractivity contribution in [3.63, 3.8) is 0 Å². The van der Waals surface area contributed by atoms with Crippen LogP contribution in [0, 0.1) is 0 Å². The van der Waals surface area contributed by atoms with E-state index < -0.39 is 25.5 Å². The topological polar surface area (TPSA) is 38.7 Å². The Hall–Kier alpha value is -0.980. The van der Waals surface area contributed by atoms with Crippen molar-refractivity contribution in [2.24, 2.45) is 0 Å². The molecule has 0 aromatic heterocycles. The largest absolute Gasteiger partial charge is 0.493 e. The number of ether oxygens (including phenoxy) is 2. The van der Waals surface area contributed by atoms with E-state index in [2.05, 4.69) is 4.74 Å². The van der Waals surface area contributed by atoms with Crippen LogP contribution in [-0.4, -0.2) is 31.1 Å². The zero-order valence-corrected chi connectivity index (χ0v) is 10.6. The molecule has 106 valence electrons. The minimum atomic E-state index is -4.41. The fourth-order valence-corrected chi connectivity index (χ4v) is 2.17. The maximum atomic E-state index is 11.9. The summed E-state index contributed by atoms with van der Waals surface area (Å²) < 4.78 is 45.6. The van der Waals surface area contributed by atoms with Gasteiger partial charge < -0.3 is 14.6 Å². The average Bonchev–Trinajstić information content (AvgIpc) is 2.73. The number of aliphatic hydroxyl groups is 1. The lowest BCUT2D eigenvalue weighted by Crippen LogP contribution is -2.19. The van der Waals surface area contributed by atoms with Gasteiger partial charge in [-0.3, -0.25) is 0 Å². The van der Waals surface area contributed by atoms with E-state index in [-0.39, 0.29) is 0 Å². The summed E-state index contributed by atoms with van der Waals surface area (Å²) in [6.07, 6.45) is -4.95. The number of fused-ring (bicyclic) bond motifs is 1. The molecule has 0 spiro atoms. The third kappa shape index (κ3) is 3.75. The third-order valence-electron chi connectivity index (χ3n) is 2.68. The molecule has 1 N–H and O–H groups in total. The SMILES string of the molecule is OC(COCC(F)(F)F)c1cc(Cl)cc2c1OCC2. The molecule has 1 aliphatic heterocycles. The van der Waals surface area contributed by atoms with Crippen LogP contribution in [-0.2, 0) is 11.2 Å². The van der Waals surface area contributed by atoms with Gasteiger partial charge in [-0.15, -0.1) is 0 Å². The van der Waals surface area contributed by atoms with E-state index in [4.69, 9.17) is 16.3 Å². The molecule has 0 saturated carbocycles. The first-order chi connectivity index (χ1) is 8.87. The highest BCUT2D eigenvalue weighted by Gasteiger charge is 2.29. The molecule has 0 bridgehead atoms. The van der Waals surface area contributed by atoms with Gasteiger partial charge in [0, 0.05) is 17.0 Å². The van der Waals surface area contributed by atoms with E-state index in [1.54, 1.807) is 6.07 Å². The smallest absolute Gasteiger partial charge is 0.411 e. The van der Waals surface area contributed by atoms with Crippen molar-refractivity contribution < 1.29 is 27.8 Å². The second-order valence-corrected chi connectivity index (χ2v) is 4.66. The standard InChI is InChI=1S/C12H12ClF3O3/c13-8-3-7-1-2-19-11(7)9(4-8)10(17)5-18-6-12(14,15)16/h3-4,10,17H,1-2,5-6H2. The highest BCUT2D eigenvalue weighted by Crippen LogP contribution is 2.36. The molecule has 1 heterocycles. The molecule has 1 atom stereocenters. The summed E-state index contributed by atoms with van der Waals surface area (Å²) >= 11 is 5.89. The summed E-state index contributed by atoms with van der Waals surface area (Å²) in [7, 11) is 0. The highest BCUT2D eigenvalue weighted by molar-refractivity contribution is 6.30. The zero-order chi connectivity index (χ0) is 14.0. The van der Waals surface area contributed by atoms with Crippen LogP contribution in [0.25, 0.3) is 0 Å². The van der Waals surface area contributed by atoms with Gasteiger partial charge in [0.05, 0.1) is 13.2 Å². The maximum Gasteiger partial charge on any atom is 0.411 e. The van der Waals surface area contributed by atoms with Gasteiger partial charge in [-0.05, 0) is 17.7 Å². The normalized spacial score (nSPS) is 16.1. The van der Waals surface area contributed by atoms with Crippen molar-refractivity contribution >= 4 is 11.6 Å². The lowest BCUT2D eigenvalue weighted by molar-refractivity contribution is -0.179. The molecular formula is C12H12ClF3O3. The summed E-state index contributed by atoms with van der Waals surface area (Å²) in [5.41, 5.74) is 1.21. The van der Waals surface area contributed by atoms with Crippen LogP contribution in [0.5, 0.6) is 5.75 Å². The third-order valence-corrected chi connectivity index (χ3v) is 2.90. The Bertz CT molecular complexity index is 462. The summed E-state index contributed by atoms with van der Waals surface area (Å²) in [5, 5.41) is 10.3. The molecule has 3 nitrogen and oxygen atoms in total. The Kier molecular flexibility index (Phi) is 4.23. The molecule has 1 aromatic rings. The Labute approximate surface area is 112 Å². The molecule has 0 saturated heterocycles. The van der Waals surface area contributed by atoms with E-state index in [1.165, 1.54) is 6.07 Å². The molecule has 1 aliphatic rings. The number of aliphatic hydroxyl groups excluding tert-OH is 1. The van der Waals surface area contributed by atoms with Crippen molar-refractivity contribution in [1.82, 2.24) is 0 Å². The van der Waals surface area contributed by atoms with Crippen molar-refractivity contribution in [2.45, 2.75) is 18.7 Å². The van der Waals surface area contributed by atoms with Crippen LogP contribution in [0.4, 0.5) is 13.2 Å². The summed E-state index contributed by atoms with van der Waals surface area (Å²) in [5.74, 6) is 0.493. The van der Waals surface area contributed by atoms with Crippen LogP contribution >= 0.6 is 11.6 Å². The maximum absolute atomic E-state index is 11.9. The lowest BCUT2D eigenvalue weighted by Gasteiger charge is -2.16. The Morgan fingerprint density at radius 2 is 2.16 bits per heavy atom. The van der Waals surface area contributed by atoms with Crippen molar-refractivity contribution in [3.8, 4) is 5.75 Å². The van der Waals surface area contributed by atoms with E-state index >= 15 is 0 Å². The Balaban J connectivity index is 2.05. The molecule has 1 aromatic carbocycles. The van der Waals surface area contributed by atoms with Gasteiger partial charge in [0.1, 0.15) is 18.5 Å². The summed E-state index contributed by atoms with van der Waals surface area (Å²) in [6, 6.07) is 3.20. The van der Waals surface area contributed by atoms with Gasteiger partial charge in [0.2, 0.25) is 0 Å². The van der Waals surface area contributed by atoms with Gasteiger partial charge >= 0.3 is 6.18 Å². The number of hydrogen-bond acceptors (Lipinski definition) is 3. The monoisotopic (exact) mass is 296 g/mol. The average molecular weight is 297 g/mol. The van der Waals surface area contributed by atoms with Crippen LogP contribution < -0.4 is 4.74 Å². The van der Waals surface area contributed by atoms with Crippen LogP contribution in [0.3, 0.4) is 0 Å². The van der Waals surface area contributed by atoms with E-state index in [1.807, 2.05) is 0 Å². The van der Waals surface area contributed by atoms with Gasteiger partial charge in [-0.1, -0.05) is 11.6 Å². The molecule has 0 aliphatic carbocycles. The fourth-order valence-electron chi connectivity index (χ4n) is 1.92. The Morgan fingerprint density at radius 3 is 2.84 bits per heavy atom. The highest BCUT2D eigenvalue weighted by atomic mass is 35.5. The second kappa shape index (κ2) is 5.56. The first kappa shape index (κ1) is 14.4. The zero-order valence-electron chi connectivity index (χ0n) is 9.84. The second-order valence-electron chi connectivity index (χ2n) is 4.23. The van der Waals surface area contributed by atoms with Gasteiger partial charge in [-0.25, -0.2) is 0 Å². The molecular weight excluding hydrogens is 285 g/mol. The number of benzene rings is 1. The van der Waals surface area contributed by atoms with Crippen LogP contribution in [0.1, 0.15) is 17.2 Å². The van der Waals surface area contributed by atoms with Crippen molar-refractivity contribution in [2.75, 3.05) is 19.8 Å². The predicted molar refractivity (Wildman–Crippen MR) is 62.5 cm³/mol. The van der Waals surface area contributed by atoms with Gasteiger partial charge in [0.15, 0.2) is 0 Å². The first-order valence-corrected chi connectivity index (χ1v) is 6.02. The number of halogens is 4.